The molecule has 0 radical (unpaired) electrons. The highest BCUT2D eigenvalue weighted by Gasteiger charge is 2.28. The molecule has 0 aliphatic rings. The number of nitrogens with one attached hydrogen (secondary N) is 1. The van der Waals surface area contributed by atoms with Crippen LogP contribution in [0.3, 0.4) is 0 Å². The Hall–Kier alpha value is -1.49. The average molecular weight is 222 g/mol. The van der Waals surface area contributed by atoms with Crippen LogP contribution < -0.4 is 11.1 Å². The summed E-state index contributed by atoms with van der Waals surface area (Å²) in [4.78, 5) is 11.9. The van der Waals surface area contributed by atoms with Crippen molar-refractivity contribution in [3.63, 3.8) is 0 Å². The van der Waals surface area contributed by atoms with Crippen molar-refractivity contribution in [2.75, 3.05) is 6.54 Å². The summed E-state index contributed by atoms with van der Waals surface area (Å²) in [5, 5.41) is 10.2. The number of amides is 1. The molecule has 16 heavy (non-hydrogen) atoms. The van der Waals surface area contributed by atoms with Crippen LogP contribution in [-0.4, -0.2) is 28.2 Å². The fourth-order valence-electron chi connectivity index (χ4n) is 1.19. The number of aromatic nitrogens is 2. The normalized spacial score (nSPS) is 14.6. The van der Waals surface area contributed by atoms with E-state index < -0.39 is 5.54 Å². The second kappa shape index (κ2) is 5.03. The SMILES string of the molecule is CC(C)C(C)(CN)NC(=O)c1ccnnc1. The Morgan fingerprint density at radius 2 is 2.25 bits per heavy atom. The molecule has 0 saturated carbocycles. The van der Waals surface area contributed by atoms with E-state index in [0.29, 0.717) is 12.1 Å². The average Bonchev–Trinajstić information content (AvgIpc) is 2.29. The molecule has 0 aliphatic carbocycles. The van der Waals surface area contributed by atoms with Crippen molar-refractivity contribution < 1.29 is 4.79 Å². The van der Waals surface area contributed by atoms with Crippen LogP contribution in [-0.2, 0) is 0 Å². The molecular weight excluding hydrogens is 204 g/mol. The lowest BCUT2D eigenvalue weighted by atomic mass is 9.88. The van der Waals surface area contributed by atoms with Gasteiger partial charge in [0.1, 0.15) is 0 Å². The number of nitrogens with two attached hydrogens (primary N) is 1. The van der Waals surface area contributed by atoms with Crippen LogP contribution in [0.1, 0.15) is 31.1 Å². The molecule has 5 nitrogen and oxygen atoms in total. The van der Waals surface area contributed by atoms with Crippen molar-refractivity contribution in [3.8, 4) is 0 Å². The van der Waals surface area contributed by atoms with Gasteiger partial charge in [0.05, 0.1) is 23.5 Å². The summed E-state index contributed by atoms with van der Waals surface area (Å²) in [6, 6.07) is 1.62. The molecule has 0 bridgehead atoms. The molecule has 1 amide bonds. The fraction of sp³-hybridized carbons (Fsp3) is 0.545. The van der Waals surface area contributed by atoms with E-state index in [1.165, 1.54) is 12.4 Å². The van der Waals surface area contributed by atoms with Crippen LogP contribution in [0.5, 0.6) is 0 Å². The van der Waals surface area contributed by atoms with Crippen molar-refractivity contribution >= 4 is 5.91 Å². The molecule has 88 valence electrons. The zero-order valence-electron chi connectivity index (χ0n) is 9.90. The Morgan fingerprint density at radius 1 is 1.56 bits per heavy atom. The van der Waals surface area contributed by atoms with Crippen LogP contribution in [0.2, 0.25) is 0 Å². The maximum Gasteiger partial charge on any atom is 0.253 e. The largest absolute Gasteiger partial charge is 0.345 e. The quantitative estimate of drug-likeness (QED) is 0.780. The highest BCUT2D eigenvalue weighted by Crippen LogP contribution is 2.15. The summed E-state index contributed by atoms with van der Waals surface area (Å²) >= 11 is 0. The molecule has 0 aromatic carbocycles. The summed E-state index contributed by atoms with van der Waals surface area (Å²) < 4.78 is 0. The lowest BCUT2D eigenvalue weighted by molar-refractivity contribution is 0.0882. The Morgan fingerprint density at radius 3 is 2.69 bits per heavy atom. The Labute approximate surface area is 95.4 Å². The highest BCUT2D eigenvalue weighted by molar-refractivity contribution is 5.94. The van der Waals surface area contributed by atoms with Gasteiger partial charge in [-0.3, -0.25) is 4.79 Å². The smallest absolute Gasteiger partial charge is 0.253 e. The number of hydrogen-bond acceptors (Lipinski definition) is 4. The minimum Gasteiger partial charge on any atom is -0.345 e. The maximum atomic E-state index is 11.9. The second-order valence-electron chi connectivity index (χ2n) is 4.36. The van der Waals surface area contributed by atoms with Gasteiger partial charge in [-0.05, 0) is 18.9 Å². The van der Waals surface area contributed by atoms with Gasteiger partial charge in [0.2, 0.25) is 0 Å². The Balaban J connectivity index is 2.78. The Kier molecular flexibility index (Phi) is 3.95. The van der Waals surface area contributed by atoms with Crippen molar-refractivity contribution in [1.29, 1.82) is 0 Å². The van der Waals surface area contributed by atoms with Gasteiger partial charge in [0, 0.05) is 6.54 Å². The summed E-state index contributed by atoms with van der Waals surface area (Å²) in [5.41, 5.74) is 5.78. The Bertz CT molecular complexity index is 352. The van der Waals surface area contributed by atoms with E-state index in [1.807, 2.05) is 20.8 Å². The van der Waals surface area contributed by atoms with Gasteiger partial charge in [0.15, 0.2) is 0 Å². The number of carbonyl (C=O) groups excluding carboxylic acids is 1. The van der Waals surface area contributed by atoms with Crippen LogP contribution in [0, 0.1) is 5.92 Å². The van der Waals surface area contributed by atoms with E-state index >= 15 is 0 Å². The van der Waals surface area contributed by atoms with Crippen molar-refractivity contribution in [2.45, 2.75) is 26.3 Å². The number of rotatable bonds is 4. The van der Waals surface area contributed by atoms with Crippen molar-refractivity contribution in [3.05, 3.63) is 24.0 Å². The van der Waals surface area contributed by atoms with Gasteiger partial charge in [-0.25, -0.2) is 0 Å². The van der Waals surface area contributed by atoms with E-state index in [0.717, 1.165) is 0 Å². The zero-order chi connectivity index (χ0) is 12.2. The molecule has 1 heterocycles. The summed E-state index contributed by atoms with van der Waals surface area (Å²) in [6.07, 6.45) is 2.93. The van der Waals surface area contributed by atoms with E-state index in [-0.39, 0.29) is 11.8 Å². The molecule has 1 atom stereocenters. The molecule has 0 fully saturated rings. The molecule has 1 aromatic rings. The molecule has 0 saturated heterocycles. The summed E-state index contributed by atoms with van der Waals surface area (Å²) in [5.74, 6) is 0.0906. The summed E-state index contributed by atoms with van der Waals surface area (Å²) in [6.45, 7) is 6.38. The first-order valence-corrected chi connectivity index (χ1v) is 5.29. The third-order valence-electron chi connectivity index (χ3n) is 2.94. The van der Waals surface area contributed by atoms with Crippen molar-refractivity contribution in [2.24, 2.45) is 11.7 Å². The number of carbonyl (C=O) groups is 1. The molecule has 1 rings (SSSR count). The fourth-order valence-corrected chi connectivity index (χ4v) is 1.19. The minimum atomic E-state index is -0.402. The third kappa shape index (κ3) is 2.76. The molecule has 0 spiro atoms. The van der Waals surface area contributed by atoms with E-state index in [1.54, 1.807) is 6.07 Å². The first-order valence-electron chi connectivity index (χ1n) is 5.29. The van der Waals surface area contributed by atoms with E-state index in [9.17, 15) is 4.79 Å². The maximum absolute atomic E-state index is 11.9. The predicted molar refractivity (Wildman–Crippen MR) is 61.8 cm³/mol. The van der Waals surface area contributed by atoms with Gasteiger partial charge in [-0.15, -0.1) is 0 Å². The van der Waals surface area contributed by atoms with Gasteiger partial charge >= 0.3 is 0 Å². The van der Waals surface area contributed by atoms with E-state index in [2.05, 4.69) is 15.5 Å². The monoisotopic (exact) mass is 222 g/mol. The van der Waals surface area contributed by atoms with Gasteiger partial charge in [0.25, 0.3) is 5.91 Å². The molecule has 5 heteroatoms. The zero-order valence-corrected chi connectivity index (χ0v) is 9.90. The lowest BCUT2D eigenvalue weighted by Gasteiger charge is -2.33. The molecule has 1 aromatic heterocycles. The molecule has 0 aliphatic heterocycles. The number of nitrogens with zero attached hydrogens (tertiary/aromatic N) is 2. The van der Waals surface area contributed by atoms with Gasteiger partial charge in [-0.1, -0.05) is 13.8 Å². The third-order valence-corrected chi connectivity index (χ3v) is 2.94. The topological polar surface area (TPSA) is 80.9 Å². The van der Waals surface area contributed by atoms with E-state index in [4.69, 9.17) is 5.73 Å². The standard InChI is InChI=1S/C11H18N4O/c1-8(2)11(3,7-12)15-10(16)9-4-5-13-14-6-9/h4-6,8H,7,12H2,1-3H3,(H,15,16). The van der Waals surface area contributed by atoms with Crippen LogP contribution in [0.15, 0.2) is 18.5 Å². The van der Waals surface area contributed by atoms with Crippen LogP contribution >= 0.6 is 0 Å². The lowest BCUT2D eigenvalue weighted by Crippen LogP contribution is -2.55. The molecule has 1 unspecified atom stereocenters. The minimum absolute atomic E-state index is 0.170. The molecular formula is C11H18N4O. The van der Waals surface area contributed by atoms with Gasteiger partial charge in [-0.2, -0.15) is 10.2 Å². The summed E-state index contributed by atoms with van der Waals surface area (Å²) in [7, 11) is 0. The highest BCUT2D eigenvalue weighted by atomic mass is 16.1. The number of hydrogen-bond donors (Lipinski definition) is 2. The first-order chi connectivity index (χ1) is 7.49. The predicted octanol–water partition coefficient (Wildman–Crippen LogP) is 0.580. The van der Waals surface area contributed by atoms with Crippen LogP contribution in [0.25, 0.3) is 0 Å². The first kappa shape index (κ1) is 12.6. The molecule has 3 N–H and O–H groups in total. The van der Waals surface area contributed by atoms with Crippen LogP contribution in [0.4, 0.5) is 0 Å². The van der Waals surface area contributed by atoms with Crippen molar-refractivity contribution in [1.82, 2.24) is 15.5 Å². The second-order valence-corrected chi connectivity index (χ2v) is 4.36. The van der Waals surface area contributed by atoms with Gasteiger partial charge < -0.3 is 11.1 Å².